The van der Waals surface area contributed by atoms with Crippen LogP contribution in [0.25, 0.3) is 0 Å². The first-order valence-corrected chi connectivity index (χ1v) is 5.87. The number of rotatable bonds is 4. The normalized spacial score (nSPS) is 12.6. The molecule has 1 aliphatic heterocycles. The number of hydrogen-bond acceptors (Lipinski definition) is 3. The van der Waals surface area contributed by atoms with E-state index in [1.54, 1.807) is 23.1 Å². The smallest absolute Gasteiger partial charge is 0.253 e. The first kappa shape index (κ1) is 11.8. The molecule has 17 heavy (non-hydrogen) atoms. The van der Waals surface area contributed by atoms with Crippen LogP contribution in [0.4, 0.5) is 0 Å². The molecule has 4 heteroatoms. The number of benzene rings is 1. The number of ether oxygens (including phenoxy) is 2. The Morgan fingerprint density at radius 3 is 2.88 bits per heavy atom. The van der Waals surface area contributed by atoms with Crippen molar-refractivity contribution in [3.8, 4) is 11.5 Å². The van der Waals surface area contributed by atoms with Crippen LogP contribution < -0.4 is 9.47 Å². The zero-order valence-electron chi connectivity index (χ0n) is 10.2. The molecule has 0 radical (unpaired) electrons. The first-order valence-electron chi connectivity index (χ1n) is 5.87. The van der Waals surface area contributed by atoms with Gasteiger partial charge in [0.2, 0.25) is 6.79 Å². The topological polar surface area (TPSA) is 38.8 Å². The summed E-state index contributed by atoms with van der Waals surface area (Å²) in [5.41, 5.74) is 0.646. The van der Waals surface area contributed by atoms with Gasteiger partial charge >= 0.3 is 0 Å². The van der Waals surface area contributed by atoms with Gasteiger partial charge in [0.1, 0.15) is 0 Å². The SMILES string of the molecule is CCCCN(C)C(=O)c1ccc2c(c1)OCO2. The van der Waals surface area contributed by atoms with E-state index in [1.165, 1.54) is 0 Å². The van der Waals surface area contributed by atoms with Gasteiger partial charge in [-0.15, -0.1) is 0 Å². The fourth-order valence-corrected chi connectivity index (χ4v) is 1.75. The van der Waals surface area contributed by atoms with Crippen LogP contribution in [-0.4, -0.2) is 31.2 Å². The summed E-state index contributed by atoms with van der Waals surface area (Å²) in [6, 6.07) is 5.30. The molecule has 1 aromatic rings. The minimum Gasteiger partial charge on any atom is -0.454 e. The second-order valence-electron chi connectivity index (χ2n) is 4.15. The van der Waals surface area contributed by atoms with Crippen LogP contribution in [-0.2, 0) is 0 Å². The largest absolute Gasteiger partial charge is 0.454 e. The van der Waals surface area contributed by atoms with Crippen LogP contribution in [0.5, 0.6) is 11.5 Å². The fourth-order valence-electron chi connectivity index (χ4n) is 1.75. The Hall–Kier alpha value is -1.71. The maximum absolute atomic E-state index is 12.1. The zero-order valence-corrected chi connectivity index (χ0v) is 10.2. The molecule has 0 unspecified atom stereocenters. The van der Waals surface area contributed by atoms with Gasteiger partial charge < -0.3 is 14.4 Å². The standard InChI is InChI=1S/C13H17NO3/c1-3-4-7-14(2)13(15)10-5-6-11-12(8-10)17-9-16-11/h5-6,8H,3-4,7,9H2,1-2H3. The van der Waals surface area contributed by atoms with Crippen molar-refractivity contribution in [2.45, 2.75) is 19.8 Å². The second kappa shape index (κ2) is 5.08. The Morgan fingerprint density at radius 1 is 1.35 bits per heavy atom. The van der Waals surface area contributed by atoms with Gasteiger partial charge in [0, 0.05) is 19.2 Å². The Morgan fingerprint density at radius 2 is 2.12 bits per heavy atom. The Labute approximate surface area is 101 Å². The molecule has 0 fully saturated rings. The predicted octanol–water partition coefficient (Wildman–Crippen LogP) is 2.29. The van der Waals surface area contributed by atoms with Crippen molar-refractivity contribution >= 4 is 5.91 Å². The minimum atomic E-state index is 0.0248. The molecule has 2 rings (SSSR count). The minimum absolute atomic E-state index is 0.0248. The van der Waals surface area contributed by atoms with Crippen LogP contribution in [0.3, 0.4) is 0 Å². The summed E-state index contributed by atoms with van der Waals surface area (Å²) in [5.74, 6) is 1.38. The molecule has 1 aromatic carbocycles. The summed E-state index contributed by atoms with van der Waals surface area (Å²) in [4.78, 5) is 13.8. The van der Waals surface area contributed by atoms with Gasteiger partial charge in [-0.3, -0.25) is 4.79 Å². The maximum atomic E-state index is 12.1. The highest BCUT2D eigenvalue weighted by Gasteiger charge is 2.17. The molecule has 1 aliphatic rings. The van der Waals surface area contributed by atoms with Crippen LogP contribution in [0.1, 0.15) is 30.1 Å². The van der Waals surface area contributed by atoms with Gasteiger partial charge in [-0.2, -0.15) is 0 Å². The molecular weight excluding hydrogens is 218 g/mol. The van der Waals surface area contributed by atoms with E-state index in [4.69, 9.17) is 9.47 Å². The molecule has 0 bridgehead atoms. The van der Waals surface area contributed by atoms with Crippen LogP contribution in [0.2, 0.25) is 0 Å². The molecule has 1 amide bonds. The molecule has 0 aliphatic carbocycles. The van der Waals surface area contributed by atoms with Crippen LogP contribution in [0, 0.1) is 0 Å². The average molecular weight is 235 g/mol. The molecule has 0 atom stereocenters. The quantitative estimate of drug-likeness (QED) is 0.803. The van der Waals surface area contributed by atoms with E-state index in [0.717, 1.165) is 19.4 Å². The third-order valence-electron chi connectivity index (χ3n) is 2.81. The number of nitrogens with zero attached hydrogens (tertiary/aromatic N) is 1. The van der Waals surface area contributed by atoms with E-state index in [1.807, 2.05) is 7.05 Å². The van der Waals surface area contributed by atoms with E-state index in [0.29, 0.717) is 17.1 Å². The fraction of sp³-hybridized carbons (Fsp3) is 0.462. The van der Waals surface area contributed by atoms with Crippen molar-refractivity contribution in [2.75, 3.05) is 20.4 Å². The lowest BCUT2D eigenvalue weighted by molar-refractivity contribution is 0.0793. The van der Waals surface area contributed by atoms with Crippen LogP contribution in [0.15, 0.2) is 18.2 Å². The van der Waals surface area contributed by atoms with Crippen molar-refractivity contribution < 1.29 is 14.3 Å². The van der Waals surface area contributed by atoms with Gasteiger partial charge in [-0.1, -0.05) is 13.3 Å². The van der Waals surface area contributed by atoms with E-state index >= 15 is 0 Å². The number of hydrogen-bond donors (Lipinski definition) is 0. The number of carbonyl (C=O) groups excluding carboxylic acids is 1. The highest BCUT2D eigenvalue weighted by molar-refractivity contribution is 5.94. The zero-order chi connectivity index (χ0) is 12.3. The molecule has 0 saturated carbocycles. The molecular formula is C13H17NO3. The van der Waals surface area contributed by atoms with E-state index < -0.39 is 0 Å². The number of unbranched alkanes of at least 4 members (excludes halogenated alkanes) is 1. The summed E-state index contributed by atoms with van der Waals surface area (Å²) in [6.07, 6.45) is 2.10. The van der Waals surface area contributed by atoms with Crippen LogP contribution >= 0.6 is 0 Å². The summed E-state index contributed by atoms with van der Waals surface area (Å²) >= 11 is 0. The number of amides is 1. The van der Waals surface area contributed by atoms with Gasteiger partial charge in [-0.25, -0.2) is 0 Å². The number of fused-ring (bicyclic) bond motifs is 1. The lowest BCUT2D eigenvalue weighted by atomic mass is 10.1. The average Bonchev–Trinajstić information content (AvgIpc) is 2.81. The van der Waals surface area contributed by atoms with Crippen molar-refractivity contribution in [3.05, 3.63) is 23.8 Å². The van der Waals surface area contributed by atoms with E-state index in [2.05, 4.69) is 6.92 Å². The van der Waals surface area contributed by atoms with Crippen molar-refractivity contribution in [1.82, 2.24) is 4.90 Å². The Bertz CT molecular complexity index is 417. The summed E-state index contributed by atoms with van der Waals surface area (Å²) < 4.78 is 10.5. The Kier molecular flexibility index (Phi) is 3.52. The molecule has 1 heterocycles. The van der Waals surface area contributed by atoms with Gasteiger partial charge in [0.25, 0.3) is 5.91 Å². The van der Waals surface area contributed by atoms with Crippen molar-refractivity contribution in [3.63, 3.8) is 0 Å². The number of carbonyl (C=O) groups is 1. The summed E-state index contributed by atoms with van der Waals surface area (Å²) in [7, 11) is 1.82. The highest BCUT2D eigenvalue weighted by Crippen LogP contribution is 2.32. The maximum Gasteiger partial charge on any atom is 0.253 e. The predicted molar refractivity (Wildman–Crippen MR) is 64.4 cm³/mol. The van der Waals surface area contributed by atoms with Crippen molar-refractivity contribution in [1.29, 1.82) is 0 Å². The highest BCUT2D eigenvalue weighted by atomic mass is 16.7. The molecule has 0 N–H and O–H groups in total. The Balaban J connectivity index is 2.09. The van der Waals surface area contributed by atoms with E-state index in [-0.39, 0.29) is 12.7 Å². The monoisotopic (exact) mass is 235 g/mol. The first-order chi connectivity index (χ1) is 8.22. The molecule has 0 aromatic heterocycles. The molecule has 0 saturated heterocycles. The summed E-state index contributed by atoms with van der Waals surface area (Å²) in [6.45, 7) is 3.13. The lowest BCUT2D eigenvalue weighted by Gasteiger charge is -2.16. The second-order valence-corrected chi connectivity index (χ2v) is 4.15. The van der Waals surface area contributed by atoms with Crippen molar-refractivity contribution in [2.24, 2.45) is 0 Å². The van der Waals surface area contributed by atoms with Gasteiger partial charge in [-0.05, 0) is 24.6 Å². The third-order valence-corrected chi connectivity index (χ3v) is 2.81. The third kappa shape index (κ3) is 2.52. The molecule has 92 valence electrons. The molecule has 0 spiro atoms. The lowest BCUT2D eigenvalue weighted by Crippen LogP contribution is -2.27. The summed E-state index contributed by atoms with van der Waals surface area (Å²) in [5, 5.41) is 0. The van der Waals surface area contributed by atoms with E-state index in [9.17, 15) is 4.79 Å². The van der Waals surface area contributed by atoms with Gasteiger partial charge in [0.15, 0.2) is 11.5 Å². The molecule has 4 nitrogen and oxygen atoms in total. The van der Waals surface area contributed by atoms with Gasteiger partial charge in [0.05, 0.1) is 0 Å².